The van der Waals surface area contributed by atoms with Crippen LogP contribution in [0.25, 0.3) is 22.2 Å². The molecule has 0 atom stereocenters. The smallest absolute Gasteiger partial charge is 0.256 e. The van der Waals surface area contributed by atoms with Crippen molar-refractivity contribution >= 4 is 44.1 Å². The Morgan fingerprint density at radius 2 is 1.72 bits per heavy atom. The molecule has 1 fully saturated rings. The van der Waals surface area contributed by atoms with Crippen molar-refractivity contribution in [1.29, 1.82) is 0 Å². The van der Waals surface area contributed by atoms with Crippen molar-refractivity contribution in [3.05, 3.63) is 89.2 Å². The van der Waals surface area contributed by atoms with Crippen LogP contribution in [-0.2, 0) is 14.8 Å². The number of pyridine rings is 1. The highest BCUT2D eigenvalue weighted by atomic mass is 35.5. The van der Waals surface area contributed by atoms with Crippen LogP contribution in [0.3, 0.4) is 0 Å². The summed E-state index contributed by atoms with van der Waals surface area (Å²) in [5.74, 6) is -0.862. The third-order valence-corrected chi connectivity index (χ3v) is 8.12. The first kappa shape index (κ1) is 24.3. The second kappa shape index (κ2) is 9.94. The highest BCUT2D eigenvalue weighted by Gasteiger charge is 2.27. The zero-order valence-electron chi connectivity index (χ0n) is 18.9. The number of ether oxygens (including phenoxy) is 1. The van der Waals surface area contributed by atoms with Gasteiger partial charge in [-0.2, -0.15) is 4.31 Å². The molecule has 0 bridgehead atoms. The lowest BCUT2D eigenvalue weighted by Gasteiger charge is -2.26. The first-order chi connectivity index (χ1) is 17.3. The Hall–Kier alpha value is -3.37. The standard InChI is InChI=1S/C26H21ClFN3O4S/c27-22-10-9-19(36(33,34)31-11-13-35-14-12-31)15-25(22)30-26(32)21-16-24(17-5-7-18(28)8-6-17)29-23-4-2-1-3-20(21)23/h1-10,15-16H,11-14H2,(H,30,32). The molecule has 5 rings (SSSR count). The zero-order valence-corrected chi connectivity index (χ0v) is 20.5. The fraction of sp³-hybridized carbons (Fsp3) is 0.154. The molecule has 36 heavy (non-hydrogen) atoms. The van der Waals surface area contributed by atoms with Crippen molar-refractivity contribution < 1.29 is 22.3 Å². The summed E-state index contributed by atoms with van der Waals surface area (Å²) in [6, 6.07) is 18.8. The van der Waals surface area contributed by atoms with Gasteiger partial charge in [0.1, 0.15) is 5.82 Å². The van der Waals surface area contributed by atoms with Gasteiger partial charge in [-0.15, -0.1) is 0 Å². The first-order valence-electron chi connectivity index (χ1n) is 11.2. The van der Waals surface area contributed by atoms with E-state index in [9.17, 15) is 17.6 Å². The van der Waals surface area contributed by atoms with Gasteiger partial charge in [0, 0.05) is 24.0 Å². The molecule has 1 amide bonds. The maximum Gasteiger partial charge on any atom is 0.256 e. The summed E-state index contributed by atoms with van der Waals surface area (Å²) in [5, 5.41) is 3.56. The van der Waals surface area contributed by atoms with Crippen molar-refractivity contribution in [1.82, 2.24) is 9.29 Å². The topological polar surface area (TPSA) is 88.6 Å². The van der Waals surface area contributed by atoms with Crippen LogP contribution in [0.1, 0.15) is 10.4 Å². The second-order valence-electron chi connectivity index (χ2n) is 8.19. The Balaban J connectivity index is 1.51. The fourth-order valence-corrected chi connectivity index (χ4v) is 5.62. The van der Waals surface area contributed by atoms with Crippen LogP contribution in [0.5, 0.6) is 0 Å². The average molecular weight is 526 g/mol. The Labute approximate surface area is 212 Å². The SMILES string of the molecule is O=C(Nc1cc(S(=O)(=O)N2CCOCC2)ccc1Cl)c1cc(-c2ccc(F)cc2)nc2ccccc12. The van der Waals surface area contributed by atoms with E-state index >= 15 is 0 Å². The number of nitrogens with one attached hydrogen (secondary N) is 1. The number of fused-ring (bicyclic) bond motifs is 1. The molecule has 1 aromatic heterocycles. The van der Waals surface area contributed by atoms with Gasteiger partial charge in [-0.05, 0) is 54.6 Å². The number of morpholine rings is 1. The number of sulfonamides is 1. The third-order valence-electron chi connectivity index (χ3n) is 5.89. The van der Waals surface area contributed by atoms with Crippen LogP contribution >= 0.6 is 11.6 Å². The second-order valence-corrected chi connectivity index (χ2v) is 10.5. The van der Waals surface area contributed by atoms with E-state index in [0.717, 1.165) is 0 Å². The minimum Gasteiger partial charge on any atom is -0.379 e. The molecule has 1 aliphatic rings. The normalized spacial score (nSPS) is 14.6. The molecule has 4 aromatic rings. The van der Waals surface area contributed by atoms with E-state index in [1.54, 1.807) is 36.4 Å². The number of para-hydroxylation sites is 1. The lowest BCUT2D eigenvalue weighted by atomic mass is 10.0. The summed E-state index contributed by atoms with van der Waals surface area (Å²) in [5.41, 5.74) is 2.21. The molecule has 0 radical (unpaired) electrons. The highest BCUT2D eigenvalue weighted by Crippen LogP contribution is 2.30. The summed E-state index contributed by atoms with van der Waals surface area (Å²) in [4.78, 5) is 18.1. The number of amides is 1. The first-order valence-corrected chi connectivity index (χ1v) is 13.0. The average Bonchev–Trinajstić information content (AvgIpc) is 2.90. The number of hydrogen-bond donors (Lipinski definition) is 1. The summed E-state index contributed by atoms with van der Waals surface area (Å²) in [6.45, 7) is 1.15. The quantitative estimate of drug-likeness (QED) is 0.397. The third kappa shape index (κ3) is 4.83. The monoisotopic (exact) mass is 525 g/mol. The van der Waals surface area contributed by atoms with Crippen molar-refractivity contribution in [3.63, 3.8) is 0 Å². The molecule has 10 heteroatoms. The van der Waals surface area contributed by atoms with Crippen LogP contribution in [0.15, 0.2) is 77.7 Å². The van der Waals surface area contributed by atoms with Crippen LogP contribution < -0.4 is 5.32 Å². The van der Waals surface area contributed by atoms with Gasteiger partial charge in [-0.25, -0.2) is 17.8 Å². The van der Waals surface area contributed by atoms with Crippen molar-refractivity contribution in [2.75, 3.05) is 31.6 Å². The predicted octanol–water partition coefficient (Wildman–Crippen LogP) is 4.97. The molecule has 3 aromatic carbocycles. The van der Waals surface area contributed by atoms with Gasteiger partial charge in [0.25, 0.3) is 5.91 Å². The maximum absolute atomic E-state index is 13.4. The van der Waals surface area contributed by atoms with E-state index < -0.39 is 15.9 Å². The van der Waals surface area contributed by atoms with Crippen molar-refractivity contribution in [2.24, 2.45) is 0 Å². The van der Waals surface area contributed by atoms with Crippen molar-refractivity contribution in [3.8, 4) is 11.3 Å². The summed E-state index contributed by atoms with van der Waals surface area (Å²) < 4.78 is 46.2. The zero-order chi connectivity index (χ0) is 25.3. The van der Waals surface area contributed by atoms with E-state index in [1.807, 2.05) is 6.07 Å². The molecular weight excluding hydrogens is 505 g/mol. The van der Waals surface area contributed by atoms with E-state index in [4.69, 9.17) is 16.3 Å². The van der Waals surface area contributed by atoms with E-state index in [1.165, 1.54) is 34.6 Å². The van der Waals surface area contributed by atoms with Gasteiger partial charge in [-0.1, -0.05) is 29.8 Å². The lowest BCUT2D eigenvalue weighted by Crippen LogP contribution is -2.40. The Morgan fingerprint density at radius 1 is 1.00 bits per heavy atom. The van der Waals surface area contributed by atoms with Crippen LogP contribution in [-0.4, -0.2) is 49.9 Å². The number of hydrogen-bond acceptors (Lipinski definition) is 5. The molecule has 1 saturated heterocycles. The highest BCUT2D eigenvalue weighted by molar-refractivity contribution is 7.89. The largest absolute Gasteiger partial charge is 0.379 e. The fourth-order valence-electron chi connectivity index (χ4n) is 4.02. The van der Waals surface area contributed by atoms with Crippen LogP contribution in [0, 0.1) is 5.82 Å². The molecule has 1 N–H and O–H groups in total. The number of carbonyl (C=O) groups excluding carboxylic acids is 1. The molecule has 7 nitrogen and oxygen atoms in total. The van der Waals surface area contributed by atoms with Crippen LogP contribution in [0.2, 0.25) is 5.02 Å². The van der Waals surface area contributed by atoms with Crippen LogP contribution in [0.4, 0.5) is 10.1 Å². The van der Waals surface area contributed by atoms with E-state index in [0.29, 0.717) is 40.9 Å². The minimum absolute atomic E-state index is 0.0238. The van der Waals surface area contributed by atoms with Gasteiger partial charge in [-0.3, -0.25) is 4.79 Å². The number of benzene rings is 3. The molecular formula is C26H21ClFN3O4S. The number of aromatic nitrogens is 1. The molecule has 2 heterocycles. The number of anilines is 1. The van der Waals surface area contributed by atoms with E-state index in [2.05, 4.69) is 10.3 Å². The Kier molecular flexibility index (Phi) is 6.72. The Morgan fingerprint density at radius 3 is 2.47 bits per heavy atom. The van der Waals surface area contributed by atoms with Gasteiger partial charge < -0.3 is 10.1 Å². The predicted molar refractivity (Wildman–Crippen MR) is 136 cm³/mol. The summed E-state index contributed by atoms with van der Waals surface area (Å²) in [6.07, 6.45) is 0. The summed E-state index contributed by atoms with van der Waals surface area (Å²) >= 11 is 6.33. The summed E-state index contributed by atoms with van der Waals surface area (Å²) in [7, 11) is -3.78. The van der Waals surface area contributed by atoms with E-state index in [-0.39, 0.29) is 34.5 Å². The Bertz CT molecular complexity index is 1560. The molecule has 0 unspecified atom stereocenters. The van der Waals surface area contributed by atoms with Gasteiger partial charge >= 0.3 is 0 Å². The molecule has 0 saturated carbocycles. The molecule has 0 aliphatic carbocycles. The molecule has 0 spiro atoms. The number of nitrogens with zero attached hydrogens (tertiary/aromatic N) is 2. The molecule has 1 aliphatic heterocycles. The maximum atomic E-state index is 13.4. The van der Waals surface area contributed by atoms with Gasteiger partial charge in [0.2, 0.25) is 10.0 Å². The molecule has 184 valence electrons. The number of halogens is 2. The lowest BCUT2D eigenvalue weighted by molar-refractivity contribution is 0.0730. The van der Waals surface area contributed by atoms with Crippen molar-refractivity contribution in [2.45, 2.75) is 4.90 Å². The van der Waals surface area contributed by atoms with Gasteiger partial charge in [0.15, 0.2) is 0 Å². The van der Waals surface area contributed by atoms with Gasteiger partial charge in [0.05, 0.1) is 45.6 Å². The number of carbonyl (C=O) groups is 1. The number of rotatable bonds is 5. The minimum atomic E-state index is -3.78.